The fraction of sp³-hybridized carbons (Fsp3) is 0.594. The molecule has 0 atom stereocenters. The summed E-state index contributed by atoms with van der Waals surface area (Å²) in [4.78, 5) is 30.2. The Balaban J connectivity index is -0.00000462. The molecule has 2 rings (SSSR count). The van der Waals surface area contributed by atoms with Crippen molar-refractivity contribution in [3.63, 3.8) is 0 Å². The maximum Gasteiger partial charge on any atom is 0.401 e. The van der Waals surface area contributed by atoms with Gasteiger partial charge in [0, 0.05) is 23.5 Å². The molecule has 0 saturated carbocycles. The van der Waals surface area contributed by atoms with Crippen LogP contribution in [0.25, 0.3) is 0 Å². The Morgan fingerprint density at radius 1 is 0.870 bits per heavy atom. The molecule has 1 aromatic heterocycles. The summed E-state index contributed by atoms with van der Waals surface area (Å²) >= 11 is 0. The van der Waals surface area contributed by atoms with Crippen LogP contribution >= 0.6 is 0 Å². The second-order valence-electron chi connectivity index (χ2n) is 13.1. The highest BCUT2D eigenvalue weighted by atomic mass is 28.5. The summed E-state index contributed by atoms with van der Waals surface area (Å²) < 4.78 is 27.6. The summed E-state index contributed by atoms with van der Waals surface area (Å²) in [6.45, 7) is 28.4. The van der Waals surface area contributed by atoms with E-state index in [4.69, 9.17) is 17.1 Å². The summed E-state index contributed by atoms with van der Waals surface area (Å²) in [5.74, 6) is 0.207. The molecule has 1 heterocycles. The Bertz CT molecular complexity index is 1390. The Kier molecular flexibility index (Phi) is 19.7. The van der Waals surface area contributed by atoms with Crippen molar-refractivity contribution < 1.29 is 22.2 Å². The fourth-order valence-electron chi connectivity index (χ4n) is 4.10. The molecule has 0 aliphatic heterocycles. The van der Waals surface area contributed by atoms with Gasteiger partial charge >= 0.3 is 23.5 Å². The molecule has 0 aliphatic carbocycles. The summed E-state index contributed by atoms with van der Waals surface area (Å²) in [6, 6.07) is 6.29. The van der Waals surface area contributed by atoms with Gasteiger partial charge in [-0.2, -0.15) is 0 Å². The number of aromatic nitrogens is 2. The largest absolute Gasteiger partial charge is 0.494 e. The standard InChI is InChI=1S/C28H48N3O7Si4.4CH4/c1-20(2)30-26(32)25(27(33)31(21(3)4)28(30)34)18-29-23-14-16-24(17-15-23)35-19-22(5)39(36-40(6,7)8)37-42(12,13)38-41(9,10)11;;;;/h14-18,20-21,32H,5,19H2,1-4,6-13H3;4*1H4. The van der Waals surface area contributed by atoms with E-state index < -0.39 is 51.6 Å². The van der Waals surface area contributed by atoms with Crippen LogP contribution in [0, 0.1) is 0 Å². The molecule has 0 unspecified atom stereocenters. The minimum Gasteiger partial charge on any atom is -0.494 e. The van der Waals surface area contributed by atoms with E-state index in [1.54, 1.807) is 52.0 Å². The lowest BCUT2D eigenvalue weighted by Crippen LogP contribution is -2.51. The molecule has 2 aromatic rings. The first kappa shape index (κ1) is 48.1. The smallest absolute Gasteiger partial charge is 0.401 e. The van der Waals surface area contributed by atoms with Gasteiger partial charge in [0.25, 0.3) is 5.56 Å². The SMILES string of the molecule is C.C.C.C.C=C(COc1ccc(N=Cc2c(O)n(C(C)C)c(=O)n(C(C)C)c2=O)cc1)[Si](O[Si](C)(C)C)O[Si](C)(C)O[Si](C)(C)C. The van der Waals surface area contributed by atoms with Crippen molar-refractivity contribution in [2.45, 2.75) is 122 Å². The first-order chi connectivity index (χ1) is 19.1. The maximum absolute atomic E-state index is 13.0. The van der Waals surface area contributed by atoms with Crippen LogP contribution in [0.2, 0.25) is 52.4 Å². The number of nitrogens with zero attached hydrogens (tertiary/aromatic N) is 3. The zero-order chi connectivity index (χ0) is 32.2. The Hall–Kier alpha value is -2.34. The van der Waals surface area contributed by atoms with E-state index in [9.17, 15) is 14.7 Å². The van der Waals surface area contributed by atoms with Crippen LogP contribution in [0.3, 0.4) is 0 Å². The van der Waals surface area contributed by atoms with Crippen LogP contribution in [0.4, 0.5) is 5.69 Å². The average molecular weight is 715 g/mol. The number of ether oxygens (including phenoxy) is 1. The van der Waals surface area contributed by atoms with Gasteiger partial charge in [-0.3, -0.25) is 18.9 Å². The van der Waals surface area contributed by atoms with Crippen molar-refractivity contribution in [1.29, 1.82) is 0 Å². The quantitative estimate of drug-likeness (QED) is 0.154. The molecular formula is C32H64N3O7Si4. The van der Waals surface area contributed by atoms with Crippen LogP contribution in [0.15, 0.2) is 50.6 Å². The molecule has 1 N–H and O–H groups in total. The van der Waals surface area contributed by atoms with Crippen LogP contribution in [0.1, 0.15) is 75.0 Å². The van der Waals surface area contributed by atoms with Gasteiger partial charge in [-0.1, -0.05) is 36.3 Å². The first-order valence-corrected chi connectivity index (χ1v) is 25.1. The van der Waals surface area contributed by atoms with Gasteiger partial charge < -0.3 is 22.2 Å². The summed E-state index contributed by atoms with van der Waals surface area (Å²) in [5.41, 5.74) is -0.643. The number of rotatable bonds is 14. The normalized spacial score (nSPS) is 12.0. The number of aromatic hydroxyl groups is 1. The van der Waals surface area contributed by atoms with Gasteiger partial charge in [0.1, 0.15) is 17.9 Å². The Labute approximate surface area is 284 Å². The van der Waals surface area contributed by atoms with Crippen molar-refractivity contribution in [2.75, 3.05) is 6.61 Å². The predicted octanol–water partition coefficient (Wildman–Crippen LogP) is 8.56. The van der Waals surface area contributed by atoms with Gasteiger partial charge in [0.2, 0.25) is 5.88 Å². The zero-order valence-corrected chi connectivity index (χ0v) is 31.2. The van der Waals surface area contributed by atoms with E-state index in [2.05, 4.69) is 50.9 Å². The minimum absolute atomic E-state index is 0. The minimum atomic E-state index is -2.44. The van der Waals surface area contributed by atoms with Crippen molar-refractivity contribution in [3.8, 4) is 11.6 Å². The molecule has 10 nitrogen and oxygen atoms in total. The molecule has 0 fully saturated rings. The van der Waals surface area contributed by atoms with Crippen LogP contribution in [-0.2, 0) is 12.3 Å². The second-order valence-corrected chi connectivity index (χ2v) is 28.1. The summed E-state index contributed by atoms with van der Waals surface area (Å²) in [6.07, 6.45) is 1.29. The molecule has 0 spiro atoms. The van der Waals surface area contributed by atoms with Gasteiger partial charge in [0.05, 0.1) is 5.69 Å². The lowest BCUT2D eigenvalue weighted by Gasteiger charge is -2.35. The second kappa shape index (κ2) is 18.9. The van der Waals surface area contributed by atoms with E-state index in [0.717, 1.165) is 9.76 Å². The van der Waals surface area contributed by atoms with Crippen molar-refractivity contribution in [2.24, 2.45) is 4.99 Å². The highest BCUT2D eigenvalue weighted by Crippen LogP contribution is 2.23. The lowest BCUT2D eigenvalue weighted by molar-refractivity contribution is 0.328. The van der Waals surface area contributed by atoms with Crippen molar-refractivity contribution in [1.82, 2.24) is 9.13 Å². The summed E-state index contributed by atoms with van der Waals surface area (Å²) in [7, 11) is -8.01. The number of hydrogen-bond donors (Lipinski definition) is 1. The average Bonchev–Trinajstić information content (AvgIpc) is 2.79. The van der Waals surface area contributed by atoms with Gasteiger partial charge in [0.15, 0.2) is 16.6 Å². The fourth-order valence-corrected chi connectivity index (χ4v) is 16.4. The highest BCUT2D eigenvalue weighted by Gasteiger charge is 2.39. The molecule has 0 amide bonds. The monoisotopic (exact) mass is 714 g/mol. The third-order valence-corrected chi connectivity index (χ3v) is 16.6. The van der Waals surface area contributed by atoms with E-state index in [-0.39, 0.29) is 54.0 Å². The Morgan fingerprint density at radius 3 is 1.80 bits per heavy atom. The van der Waals surface area contributed by atoms with Crippen molar-refractivity contribution >= 4 is 46.4 Å². The van der Waals surface area contributed by atoms with E-state index in [1.807, 2.05) is 13.1 Å². The molecule has 1 radical (unpaired) electrons. The van der Waals surface area contributed by atoms with Gasteiger partial charge in [-0.05, 0) is 104 Å². The maximum atomic E-state index is 13.0. The first-order valence-electron chi connectivity index (χ1n) is 14.1. The Morgan fingerprint density at radius 2 is 1.37 bits per heavy atom. The molecular weight excluding hydrogens is 651 g/mol. The molecule has 1 aromatic carbocycles. The van der Waals surface area contributed by atoms with E-state index in [0.29, 0.717) is 11.4 Å². The molecule has 0 saturated heterocycles. The van der Waals surface area contributed by atoms with Crippen LogP contribution in [-0.4, -0.2) is 61.5 Å². The lowest BCUT2D eigenvalue weighted by atomic mass is 10.2. The van der Waals surface area contributed by atoms with Crippen molar-refractivity contribution in [3.05, 3.63) is 62.4 Å². The number of benzene rings is 1. The predicted molar refractivity (Wildman–Crippen MR) is 206 cm³/mol. The molecule has 0 bridgehead atoms. The molecule has 265 valence electrons. The van der Waals surface area contributed by atoms with Crippen LogP contribution < -0.4 is 16.0 Å². The van der Waals surface area contributed by atoms with E-state index in [1.165, 1.54) is 10.8 Å². The third kappa shape index (κ3) is 14.2. The zero-order valence-electron chi connectivity index (χ0n) is 27.2. The van der Waals surface area contributed by atoms with Crippen LogP contribution in [0.5, 0.6) is 11.6 Å². The highest BCUT2D eigenvalue weighted by molar-refractivity contribution is 6.86. The summed E-state index contributed by atoms with van der Waals surface area (Å²) in [5, 5.41) is 11.5. The molecule has 0 aliphatic rings. The number of hydrogen-bond acceptors (Lipinski definition) is 8. The van der Waals surface area contributed by atoms with E-state index >= 15 is 0 Å². The van der Waals surface area contributed by atoms with Gasteiger partial charge in [-0.15, -0.1) is 0 Å². The molecule has 14 heteroatoms. The number of aliphatic imine (C=N–C) groups is 1. The topological polar surface area (TPSA) is 114 Å². The molecule has 46 heavy (non-hydrogen) atoms. The van der Waals surface area contributed by atoms with Gasteiger partial charge in [-0.25, -0.2) is 4.79 Å². The third-order valence-electron chi connectivity index (χ3n) is 5.53.